The molecule has 0 aromatic heterocycles. The third-order valence-corrected chi connectivity index (χ3v) is 3.19. The Morgan fingerprint density at radius 3 is 1.83 bits per heavy atom. The molecule has 92 valence electrons. The third-order valence-electron chi connectivity index (χ3n) is 3.19. The Morgan fingerprint density at radius 2 is 1.39 bits per heavy atom. The van der Waals surface area contributed by atoms with Gasteiger partial charge in [-0.15, -0.1) is 4.81 Å². The first-order valence-electron chi connectivity index (χ1n) is 5.58. The number of fused-ring (bicyclic) bond motifs is 2. The van der Waals surface area contributed by atoms with E-state index in [0.29, 0.717) is 22.7 Å². The van der Waals surface area contributed by atoms with Crippen LogP contribution in [0.3, 0.4) is 0 Å². The zero-order valence-electron chi connectivity index (χ0n) is 9.79. The van der Waals surface area contributed by atoms with Crippen LogP contribution in [0.15, 0.2) is 48.5 Å². The summed E-state index contributed by atoms with van der Waals surface area (Å²) in [5, 5.41) is 25.0. The first-order chi connectivity index (χ1) is 8.68. The van der Waals surface area contributed by atoms with E-state index in [-0.39, 0.29) is 5.06 Å². The second-order valence-corrected chi connectivity index (χ2v) is 4.10. The molecule has 5 nitrogen and oxygen atoms in total. The lowest BCUT2D eigenvalue weighted by atomic mass is 10.1. The quantitative estimate of drug-likeness (QED) is 0.617. The molecule has 1 heterocycles. The fourth-order valence-corrected chi connectivity index (χ4v) is 2.32. The fourth-order valence-electron chi connectivity index (χ4n) is 2.32. The van der Waals surface area contributed by atoms with Crippen LogP contribution < -0.4 is 9.87 Å². The molecule has 2 aromatic rings. The second-order valence-electron chi connectivity index (χ2n) is 4.10. The van der Waals surface area contributed by atoms with Crippen LogP contribution in [0, 0.1) is 10.4 Å². The Labute approximate surface area is 104 Å². The molecule has 18 heavy (non-hydrogen) atoms. The van der Waals surface area contributed by atoms with Gasteiger partial charge < -0.3 is 10.4 Å². The average Bonchev–Trinajstić information content (AvgIpc) is 2.45. The summed E-state index contributed by atoms with van der Waals surface area (Å²) in [4.78, 5) is 4.05. The summed E-state index contributed by atoms with van der Waals surface area (Å²) in [7, 11) is 1.34. The SMILES string of the molecule is CO[N+]1([O-])c2ccccc2[NH+]([O-])c2ccccc21. The average molecular weight is 244 g/mol. The molecule has 1 aliphatic rings. The first-order valence-corrected chi connectivity index (χ1v) is 5.58. The van der Waals surface area contributed by atoms with Crippen molar-refractivity contribution in [2.24, 2.45) is 0 Å². The lowest BCUT2D eigenvalue weighted by Gasteiger charge is -2.42. The molecule has 2 aromatic carbocycles. The molecule has 3 rings (SSSR count). The number of hydrogen-bond acceptors (Lipinski definition) is 3. The number of quaternary nitrogens is 2. The van der Waals surface area contributed by atoms with Gasteiger partial charge in [0.15, 0.2) is 0 Å². The highest BCUT2D eigenvalue weighted by molar-refractivity contribution is 5.76. The highest BCUT2D eigenvalue weighted by atomic mass is 16.9. The minimum Gasteiger partial charge on any atom is -0.623 e. The van der Waals surface area contributed by atoms with Crippen molar-refractivity contribution in [1.29, 1.82) is 0 Å². The van der Waals surface area contributed by atoms with Crippen LogP contribution in [-0.2, 0) is 4.84 Å². The topological polar surface area (TPSA) is 59.8 Å². The predicted octanol–water partition coefficient (Wildman–Crippen LogP) is 2.04. The standard InChI is InChI=1S/C13H12N2O3/c1-18-15(17)12-8-4-2-6-10(12)14(16)11-7-3-5-9-13(11)15/h2-9,14H,1H3. The Bertz CT molecular complexity index is 553. The number of nitrogens with zero attached hydrogens (tertiary/aromatic N) is 1. The van der Waals surface area contributed by atoms with Crippen molar-refractivity contribution in [3.8, 4) is 0 Å². The van der Waals surface area contributed by atoms with Crippen molar-refractivity contribution >= 4 is 22.7 Å². The van der Waals surface area contributed by atoms with E-state index in [0.717, 1.165) is 0 Å². The van der Waals surface area contributed by atoms with Gasteiger partial charge in [-0.2, -0.15) is 4.84 Å². The highest BCUT2D eigenvalue weighted by Gasteiger charge is 2.40. The molecule has 1 N–H and O–H groups in total. The minimum absolute atomic E-state index is 0.136. The Kier molecular flexibility index (Phi) is 2.44. The lowest BCUT2D eigenvalue weighted by molar-refractivity contribution is -0.699. The summed E-state index contributed by atoms with van der Waals surface area (Å²) in [5.41, 5.74) is 1.44. The van der Waals surface area contributed by atoms with Crippen LogP contribution in [0.2, 0.25) is 0 Å². The van der Waals surface area contributed by atoms with Crippen molar-refractivity contribution in [1.82, 2.24) is 4.81 Å². The third kappa shape index (κ3) is 1.34. The molecular formula is C13H12N2O3. The number of rotatable bonds is 1. The monoisotopic (exact) mass is 244 g/mol. The van der Waals surface area contributed by atoms with Crippen LogP contribution >= 0.6 is 0 Å². The molecule has 0 saturated heterocycles. The molecule has 0 amide bonds. The molecule has 5 heteroatoms. The van der Waals surface area contributed by atoms with E-state index < -0.39 is 4.81 Å². The molecule has 0 spiro atoms. The van der Waals surface area contributed by atoms with Crippen molar-refractivity contribution in [2.75, 3.05) is 7.11 Å². The van der Waals surface area contributed by atoms with Crippen molar-refractivity contribution in [3.05, 3.63) is 58.9 Å². The van der Waals surface area contributed by atoms with E-state index in [1.54, 1.807) is 48.5 Å². The maximum atomic E-state index is 12.8. The van der Waals surface area contributed by atoms with Gasteiger partial charge in [-0.3, -0.25) is 5.06 Å². The van der Waals surface area contributed by atoms with E-state index >= 15 is 0 Å². The van der Waals surface area contributed by atoms with Crippen LogP contribution in [0.1, 0.15) is 0 Å². The van der Waals surface area contributed by atoms with E-state index in [4.69, 9.17) is 4.84 Å². The molecule has 0 unspecified atom stereocenters. The van der Waals surface area contributed by atoms with Gasteiger partial charge in [0.2, 0.25) is 22.7 Å². The number of nitrogens with one attached hydrogen (secondary N) is 1. The molecule has 0 radical (unpaired) electrons. The summed E-state index contributed by atoms with van der Waals surface area (Å²) in [6, 6.07) is 13.5. The van der Waals surface area contributed by atoms with Crippen LogP contribution in [0.4, 0.5) is 22.7 Å². The number of hydrogen-bond donors (Lipinski definition) is 1. The lowest BCUT2D eigenvalue weighted by Crippen LogP contribution is -2.98. The maximum absolute atomic E-state index is 12.8. The van der Waals surface area contributed by atoms with E-state index in [1.807, 2.05) is 0 Å². The molecule has 0 saturated carbocycles. The van der Waals surface area contributed by atoms with Gasteiger partial charge in [0.05, 0.1) is 7.11 Å². The maximum Gasteiger partial charge on any atom is 0.233 e. The molecule has 1 aliphatic heterocycles. The van der Waals surface area contributed by atoms with Gasteiger partial charge in [-0.25, -0.2) is 0 Å². The summed E-state index contributed by atoms with van der Waals surface area (Å²) in [5.74, 6) is 0. The minimum atomic E-state index is -1.06. The smallest absolute Gasteiger partial charge is 0.233 e. The summed E-state index contributed by atoms with van der Waals surface area (Å²) >= 11 is 0. The normalized spacial score (nSPS) is 25.4. The van der Waals surface area contributed by atoms with Crippen molar-refractivity contribution < 1.29 is 9.90 Å². The number of benzene rings is 2. The Balaban J connectivity index is 2.34. The van der Waals surface area contributed by atoms with Gasteiger partial charge in [-0.05, 0) is 0 Å². The van der Waals surface area contributed by atoms with Gasteiger partial charge >= 0.3 is 0 Å². The zero-order chi connectivity index (χ0) is 12.8. The van der Waals surface area contributed by atoms with Crippen LogP contribution in [-0.4, -0.2) is 7.11 Å². The van der Waals surface area contributed by atoms with Crippen LogP contribution in [0.25, 0.3) is 0 Å². The number of para-hydroxylation sites is 4. The summed E-state index contributed by atoms with van der Waals surface area (Å²) in [6.45, 7) is 0. The molecular weight excluding hydrogens is 232 g/mol. The summed E-state index contributed by atoms with van der Waals surface area (Å²) < 4.78 is 0. The Morgan fingerprint density at radius 1 is 0.944 bits per heavy atom. The first kappa shape index (κ1) is 11.3. The molecule has 0 bridgehead atoms. The van der Waals surface area contributed by atoms with Gasteiger partial charge in [0.1, 0.15) is 0 Å². The molecule has 0 atom stereocenters. The predicted molar refractivity (Wildman–Crippen MR) is 68.4 cm³/mol. The largest absolute Gasteiger partial charge is 0.623 e. The van der Waals surface area contributed by atoms with E-state index in [9.17, 15) is 10.4 Å². The molecule has 0 fully saturated rings. The van der Waals surface area contributed by atoms with Crippen LogP contribution in [0.5, 0.6) is 0 Å². The fraction of sp³-hybridized carbons (Fsp3) is 0.0769. The second kappa shape index (κ2) is 3.88. The Hall–Kier alpha value is -1.76. The zero-order valence-corrected chi connectivity index (χ0v) is 9.79. The van der Waals surface area contributed by atoms with Gasteiger partial charge in [-0.1, -0.05) is 24.3 Å². The van der Waals surface area contributed by atoms with Crippen molar-refractivity contribution in [2.45, 2.75) is 0 Å². The molecule has 0 aliphatic carbocycles. The van der Waals surface area contributed by atoms with Gasteiger partial charge in [0.25, 0.3) is 0 Å². The highest BCUT2D eigenvalue weighted by Crippen LogP contribution is 2.44. The van der Waals surface area contributed by atoms with Crippen molar-refractivity contribution in [3.63, 3.8) is 0 Å². The summed E-state index contributed by atoms with van der Waals surface area (Å²) in [6.07, 6.45) is 0. The van der Waals surface area contributed by atoms with Gasteiger partial charge in [0, 0.05) is 24.3 Å². The van der Waals surface area contributed by atoms with E-state index in [2.05, 4.69) is 0 Å². The van der Waals surface area contributed by atoms with E-state index in [1.165, 1.54) is 7.11 Å².